The summed E-state index contributed by atoms with van der Waals surface area (Å²) in [5.74, 6) is -3.49. The third kappa shape index (κ3) is 7.24. The summed E-state index contributed by atoms with van der Waals surface area (Å²) in [7, 11) is -4.18. The summed E-state index contributed by atoms with van der Waals surface area (Å²) >= 11 is 1.17. The van der Waals surface area contributed by atoms with Crippen LogP contribution in [0.25, 0.3) is 0 Å². The lowest BCUT2D eigenvalue weighted by Crippen LogP contribution is -2.48. The number of ether oxygens (including phenoxy) is 1. The maximum absolute atomic E-state index is 13.4. The Kier molecular flexibility index (Phi) is 8.34. The van der Waals surface area contributed by atoms with Gasteiger partial charge < -0.3 is 14.7 Å². The van der Waals surface area contributed by atoms with Crippen LogP contribution in [0.2, 0.25) is 0 Å². The summed E-state index contributed by atoms with van der Waals surface area (Å²) in [6.45, 7) is 5.66. The zero-order valence-corrected chi connectivity index (χ0v) is 20.1. The van der Waals surface area contributed by atoms with Gasteiger partial charge in [0.25, 0.3) is 0 Å². The number of aliphatic carboxylic acids is 1. The Morgan fingerprint density at radius 2 is 1.97 bits per heavy atom. The van der Waals surface area contributed by atoms with Gasteiger partial charge in [-0.05, 0) is 45.9 Å². The number of alkyl halides is 3. The maximum atomic E-state index is 13.4. The van der Waals surface area contributed by atoms with Crippen LogP contribution < -0.4 is 14.4 Å². The molecule has 0 aromatic heterocycles. The molecule has 1 aromatic rings. The number of nitrogens with one attached hydrogen (secondary N) is 1. The van der Waals surface area contributed by atoms with E-state index in [1.54, 1.807) is 11.2 Å². The molecule has 7 nitrogen and oxygen atoms in total. The first-order valence-corrected chi connectivity index (χ1v) is 12.6. The average Bonchev–Trinajstić information content (AvgIpc) is 2.77. The number of carbonyl (C=O) groups is 1. The van der Waals surface area contributed by atoms with Gasteiger partial charge in [-0.2, -0.15) is 17.6 Å². The largest absolute Gasteiger partial charge is 0.476 e. The second-order valence-electron chi connectivity index (χ2n) is 8.47. The van der Waals surface area contributed by atoms with Crippen LogP contribution in [0.1, 0.15) is 40.0 Å². The first-order chi connectivity index (χ1) is 15.0. The molecule has 2 rings (SSSR count). The van der Waals surface area contributed by atoms with Crippen molar-refractivity contribution < 1.29 is 40.6 Å². The lowest BCUT2D eigenvalue weighted by Gasteiger charge is -2.39. The van der Waals surface area contributed by atoms with E-state index in [2.05, 4.69) is 4.72 Å². The summed E-state index contributed by atoms with van der Waals surface area (Å²) < 4.78 is 85.0. The monoisotopic (exact) mass is 514 g/mol. The van der Waals surface area contributed by atoms with E-state index in [1.807, 2.05) is 20.8 Å². The zero-order valence-electron chi connectivity index (χ0n) is 18.5. The van der Waals surface area contributed by atoms with E-state index < -0.39 is 46.0 Å². The Hall–Kier alpha value is -1.99. The number of benzene rings is 1. The third-order valence-corrected chi connectivity index (χ3v) is 7.18. The number of halogens is 4. The Bertz CT molecular complexity index is 1020. The molecule has 1 heterocycles. The normalized spacial score (nSPS) is 19.1. The first kappa shape index (κ1) is 27.3. The number of sulfonamides is 1. The van der Waals surface area contributed by atoms with E-state index >= 15 is 0 Å². The van der Waals surface area contributed by atoms with Gasteiger partial charge in [0.15, 0.2) is 0 Å². The number of hydrogen-bond acceptors (Lipinski definition) is 6. The van der Waals surface area contributed by atoms with Crippen molar-refractivity contribution in [3.8, 4) is 5.75 Å². The van der Waals surface area contributed by atoms with Crippen molar-refractivity contribution in [2.24, 2.45) is 0 Å². The van der Waals surface area contributed by atoms with Crippen molar-refractivity contribution in [2.45, 2.75) is 67.6 Å². The smallest absolute Gasteiger partial charge is 0.389 e. The van der Waals surface area contributed by atoms with Gasteiger partial charge >= 0.3 is 12.1 Å². The van der Waals surface area contributed by atoms with E-state index in [-0.39, 0.29) is 30.0 Å². The van der Waals surface area contributed by atoms with Crippen LogP contribution in [0.5, 0.6) is 5.75 Å². The van der Waals surface area contributed by atoms with E-state index in [4.69, 9.17) is 9.84 Å². The van der Waals surface area contributed by atoms with Crippen molar-refractivity contribution >= 4 is 33.4 Å². The van der Waals surface area contributed by atoms with Crippen molar-refractivity contribution in [3.63, 3.8) is 0 Å². The van der Waals surface area contributed by atoms with Crippen molar-refractivity contribution in [1.29, 1.82) is 0 Å². The van der Waals surface area contributed by atoms with Crippen molar-refractivity contribution in [3.05, 3.63) is 24.2 Å². The minimum Gasteiger partial charge on any atom is -0.476 e. The van der Waals surface area contributed by atoms with E-state index in [9.17, 15) is 30.8 Å². The number of carboxylic acids is 1. The Labute approximate surface area is 194 Å². The number of hydrogen-bond donors (Lipinski definition) is 2. The van der Waals surface area contributed by atoms with E-state index in [0.29, 0.717) is 16.8 Å². The molecule has 13 heteroatoms. The zero-order chi connectivity index (χ0) is 25.2. The highest BCUT2D eigenvalue weighted by molar-refractivity contribution is 7.98. The molecule has 2 N–H and O–H groups in total. The summed E-state index contributed by atoms with van der Waals surface area (Å²) in [5, 5.41) is 8.66. The molecule has 0 amide bonds. The maximum Gasteiger partial charge on any atom is 0.389 e. The van der Waals surface area contributed by atoms with Gasteiger partial charge in [0.2, 0.25) is 15.9 Å². The molecule has 0 saturated carbocycles. The Morgan fingerprint density at radius 1 is 1.33 bits per heavy atom. The van der Waals surface area contributed by atoms with Crippen LogP contribution in [0.3, 0.4) is 0 Å². The molecule has 1 aromatic carbocycles. The summed E-state index contributed by atoms with van der Waals surface area (Å²) in [4.78, 5) is 12.7. The van der Waals surface area contributed by atoms with Gasteiger partial charge in [-0.25, -0.2) is 17.9 Å². The number of fused-ring (bicyclic) bond motifs is 1. The molecule has 186 valence electrons. The van der Waals surface area contributed by atoms with Crippen LogP contribution in [0.15, 0.2) is 34.0 Å². The third-order valence-electron chi connectivity index (χ3n) is 4.87. The lowest BCUT2D eigenvalue weighted by atomic mass is 10.0. The molecule has 1 aliphatic rings. The molecule has 0 spiro atoms. The van der Waals surface area contributed by atoms with Gasteiger partial charge in [0, 0.05) is 30.6 Å². The lowest BCUT2D eigenvalue weighted by molar-refractivity contribution is -0.136. The van der Waals surface area contributed by atoms with Gasteiger partial charge in [0.05, 0.1) is 10.6 Å². The molecule has 1 aliphatic heterocycles. The quantitative estimate of drug-likeness (QED) is 0.236. The molecular formula is C20H26F4N2O5S2. The standard InChI is InChI=1S/C20H26F4N2O5S2/c1-19(2,3)26-10-12(6-5-7-20(22,23)24)25-33(29,30)17-9-15(16(32-4)8-14(17)26)31-11-13(21)18(27)28/h8-9,11-12,25H,5-7,10H2,1-4H3,(H,27,28)/b13-11-/t12-/m1/s1. The SMILES string of the molecule is CSc1cc2c(cc1O/C=C(\F)C(=O)O)S(=O)(=O)N[C@H](CCCC(F)(F)F)CN2C(C)(C)C. The highest BCUT2D eigenvalue weighted by Crippen LogP contribution is 2.41. The average molecular weight is 515 g/mol. The van der Waals surface area contributed by atoms with Crippen LogP contribution in [-0.2, 0) is 14.8 Å². The van der Waals surface area contributed by atoms with Crippen LogP contribution in [0, 0.1) is 0 Å². The van der Waals surface area contributed by atoms with Crippen molar-refractivity contribution in [1.82, 2.24) is 4.72 Å². The minimum atomic E-state index is -4.34. The number of anilines is 1. The van der Waals surface area contributed by atoms with Crippen LogP contribution in [-0.4, -0.2) is 50.1 Å². The molecule has 0 aliphatic carbocycles. The van der Waals surface area contributed by atoms with Gasteiger partial charge in [0.1, 0.15) is 16.9 Å². The molecule has 0 fully saturated rings. The molecule has 1 atom stereocenters. The number of thioether (sulfide) groups is 1. The molecule has 0 unspecified atom stereocenters. The van der Waals surface area contributed by atoms with Gasteiger partial charge in [-0.15, -0.1) is 11.8 Å². The fraction of sp³-hybridized carbons (Fsp3) is 0.550. The van der Waals surface area contributed by atoms with E-state index in [0.717, 1.165) is 6.07 Å². The summed E-state index contributed by atoms with van der Waals surface area (Å²) in [5.41, 5.74) is -0.279. The predicted octanol–water partition coefficient (Wildman–Crippen LogP) is 4.68. The molecule has 33 heavy (non-hydrogen) atoms. The topological polar surface area (TPSA) is 95.9 Å². The van der Waals surface area contributed by atoms with Gasteiger partial charge in [-0.3, -0.25) is 0 Å². The fourth-order valence-corrected chi connectivity index (χ4v) is 5.35. The van der Waals surface area contributed by atoms with Crippen LogP contribution in [0.4, 0.5) is 23.2 Å². The molecule has 0 saturated heterocycles. The number of rotatable bonds is 7. The number of carboxylic acid groups (broad SMARTS) is 1. The Morgan fingerprint density at radius 3 is 2.48 bits per heavy atom. The van der Waals surface area contributed by atoms with Crippen LogP contribution >= 0.6 is 11.8 Å². The molecule has 0 bridgehead atoms. The second-order valence-corrected chi connectivity index (χ2v) is 11.0. The summed E-state index contributed by atoms with van der Waals surface area (Å²) in [6.07, 6.45) is -3.59. The highest BCUT2D eigenvalue weighted by Gasteiger charge is 2.37. The van der Waals surface area contributed by atoms with E-state index in [1.165, 1.54) is 17.8 Å². The second kappa shape index (κ2) is 10.1. The molecular weight excluding hydrogens is 488 g/mol. The fourth-order valence-electron chi connectivity index (χ4n) is 3.35. The highest BCUT2D eigenvalue weighted by atomic mass is 32.2. The minimum absolute atomic E-state index is 0.0232. The van der Waals surface area contributed by atoms with Gasteiger partial charge in [-0.1, -0.05) is 0 Å². The molecule has 0 radical (unpaired) electrons. The summed E-state index contributed by atoms with van der Waals surface area (Å²) in [6, 6.07) is 1.91. The first-order valence-electron chi connectivity index (χ1n) is 9.89. The Balaban J connectivity index is 2.54. The number of nitrogens with zero attached hydrogens (tertiary/aromatic N) is 1. The predicted molar refractivity (Wildman–Crippen MR) is 117 cm³/mol. The van der Waals surface area contributed by atoms with Crippen molar-refractivity contribution in [2.75, 3.05) is 17.7 Å².